The van der Waals surface area contributed by atoms with E-state index in [1.165, 1.54) is 16.9 Å². The minimum absolute atomic E-state index is 0.0720. The molecular formula is C23H22ClF2N3O2. The summed E-state index contributed by atoms with van der Waals surface area (Å²) in [7, 11) is 1.65. The maximum Gasteiger partial charge on any atom is 0.255 e. The van der Waals surface area contributed by atoms with E-state index in [0.717, 1.165) is 30.5 Å². The Morgan fingerprint density at radius 3 is 2.71 bits per heavy atom. The summed E-state index contributed by atoms with van der Waals surface area (Å²) in [6.07, 6.45) is 3.00. The number of nitrogens with one attached hydrogen (secondary N) is 1. The van der Waals surface area contributed by atoms with Crippen LogP contribution in [-0.2, 0) is 17.2 Å². The molecular weight excluding hydrogens is 424 g/mol. The Kier molecular flexibility index (Phi) is 6.07. The van der Waals surface area contributed by atoms with Crippen LogP contribution in [-0.4, -0.2) is 35.4 Å². The van der Waals surface area contributed by atoms with Crippen LogP contribution in [0.3, 0.4) is 0 Å². The van der Waals surface area contributed by atoms with Gasteiger partial charge in [0.1, 0.15) is 17.3 Å². The summed E-state index contributed by atoms with van der Waals surface area (Å²) >= 11 is 6.21. The molecule has 0 saturated carbocycles. The molecule has 3 aromatic rings. The SMILES string of the molecule is Cn1cc(C(=O)NCC2(c3cccc(Cl)c3)CCOCC2)c(-c2ccc(F)cc2F)n1. The van der Waals surface area contributed by atoms with Gasteiger partial charge in [0.2, 0.25) is 0 Å². The van der Waals surface area contributed by atoms with Crippen molar-refractivity contribution in [1.82, 2.24) is 15.1 Å². The number of hydrogen-bond acceptors (Lipinski definition) is 3. The molecule has 0 atom stereocenters. The van der Waals surface area contributed by atoms with Crippen LogP contribution in [0.2, 0.25) is 5.02 Å². The Morgan fingerprint density at radius 2 is 2.00 bits per heavy atom. The number of carbonyl (C=O) groups excluding carboxylic acids is 1. The first-order valence-corrected chi connectivity index (χ1v) is 10.4. The maximum atomic E-state index is 14.3. The highest BCUT2D eigenvalue weighted by Gasteiger charge is 2.35. The van der Waals surface area contributed by atoms with Crippen molar-refractivity contribution in [2.24, 2.45) is 7.05 Å². The molecule has 0 bridgehead atoms. The zero-order valence-electron chi connectivity index (χ0n) is 17.0. The lowest BCUT2D eigenvalue weighted by molar-refractivity contribution is 0.0487. The van der Waals surface area contributed by atoms with Gasteiger partial charge in [-0.1, -0.05) is 23.7 Å². The van der Waals surface area contributed by atoms with Crippen LogP contribution >= 0.6 is 11.6 Å². The normalized spacial score (nSPS) is 15.6. The van der Waals surface area contributed by atoms with Gasteiger partial charge in [0.25, 0.3) is 5.91 Å². The second-order valence-corrected chi connectivity index (χ2v) is 8.21. The minimum atomic E-state index is -0.771. The molecule has 1 fully saturated rings. The molecule has 4 rings (SSSR count). The summed E-state index contributed by atoms with van der Waals surface area (Å²) in [5.41, 5.74) is 1.19. The predicted molar refractivity (Wildman–Crippen MR) is 114 cm³/mol. The Bertz CT molecular complexity index is 1110. The van der Waals surface area contributed by atoms with E-state index in [4.69, 9.17) is 16.3 Å². The highest BCUT2D eigenvalue weighted by Crippen LogP contribution is 2.35. The van der Waals surface area contributed by atoms with Crippen LogP contribution < -0.4 is 5.32 Å². The summed E-state index contributed by atoms with van der Waals surface area (Å²) in [6.45, 7) is 1.54. The number of aromatic nitrogens is 2. The Labute approximate surface area is 184 Å². The quantitative estimate of drug-likeness (QED) is 0.629. The Hall–Kier alpha value is -2.77. The van der Waals surface area contributed by atoms with Gasteiger partial charge in [0.15, 0.2) is 0 Å². The lowest BCUT2D eigenvalue weighted by Crippen LogP contribution is -2.44. The average molecular weight is 446 g/mol. The van der Waals surface area contributed by atoms with Gasteiger partial charge in [-0.2, -0.15) is 5.10 Å². The summed E-state index contributed by atoms with van der Waals surface area (Å²) in [5.74, 6) is -1.83. The molecule has 0 radical (unpaired) electrons. The number of halogens is 3. The predicted octanol–water partition coefficient (Wildman–Crippen LogP) is 4.50. The topological polar surface area (TPSA) is 56.2 Å². The lowest BCUT2D eigenvalue weighted by atomic mass is 9.74. The molecule has 1 aromatic heterocycles. The van der Waals surface area contributed by atoms with Gasteiger partial charge in [0, 0.05) is 55.1 Å². The van der Waals surface area contributed by atoms with E-state index >= 15 is 0 Å². The van der Waals surface area contributed by atoms with Crippen LogP contribution in [0, 0.1) is 11.6 Å². The molecule has 0 aliphatic carbocycles. The number of carbonyl (C=O) groups is 1. The fourth-order valence-electron chi connectivity index (χ4n) is 4.03. The van der Waals surface area contributed by atoms with E-state index in [2.05, 4.69) is 10.4 Å². The van der Waals surface area contributed by atoms with Gasteiger partial charge in [-0.25, -0.2) is 8.78 Å². The van der Waals surface area contributed by atoms with Crippen molar-refractivity contribution in [3.8, 4) is 11.3 Å². The number of ether oxygens (including phenoxy) is 1. The molecule has 162 valence electrons. The number of aryl methyl sites for hydroxylation is 1. The maximum absolute atomic E-state index is 14.3. The van der Waals surface area contributed by atoms with E-state index in [-0.39, 0.29) is 28.1 Å². The first-order valence-electron chi connectivity index (χ1n) is 9.99. The van der Waals surface area contributed by atoms with Crippen LogP contribution in [0.15, 0.2) is 48.7 Å². The van der Waals surface area contributed by atoms with Gasteiger partial charge in [-0.15, -0.1) is 0 Å². The molecule has 1 aliphatic rings. The molecule has 2 heterocycles. The fraction of sp³-hybridized carbons (Fsp3) is 0.304. The van der Waals surface area contributed by atoms with Crippen LogP contribution in [0.1, 0.15) is 28.8 Å². The zero-order chi connectivity index (χ0) is 22.0. The summed E-state index contributed by atoms with van der Waals surface area (Å²) < 4.78 is 34.6. The Morgan fingerprint density at radius 1 is 1.23 bits per heavy atom. The van der Waals surface area contributed by atoms with Gasteiger partial charge < -0.3 is 10.1 Å². The standard InChI is InChI=1S/C23H22ClF2N3O2/c1-29-13-19(21(28-29)18-6-5-17(25)12-20(18)26)22(30)27-14-23(7-9-31-10-8-23)15-3-2-4-16(24)11-15/h2-6,11-13H,7-10,14H2,1H3,(H,27,30). The third-order valence-electron chi connectivity index (χ3n) is 5.73. The average Bonchev–Trinajstić information content (AvgIpc) is 3.14. The zero-order valence-corrected chi connectivity index (χ0v) is 17.8. The molecule has 1 aliphatic heterocycles. The number of benzene rings is 2. The molecule has 0 spiro atoms. The minimum Gasteiger partial charge on any atom is -0.381 e. The number of nitrogens with zero attached hydrogens (tertiary/aromatic N) is 2. The second kappa shape index (κ2) is 8.77. The first-order chi connectivity index (χ1) is 14.9. The fourth-order valence-corrected chi connectivity index (χ4v) is 4.22. The molecule has 8 heteroatoms. The van der Waals surface area contributed by atoms with Crippen molar-refractivity contribution in [1.29, 1.82) is 0 Å². The molecule has 1 saturated heterocycles. The third kappa shape index (κ3) is 4.48. The lowest BCUT2D eigenvalue weighted by Gasteiger charge is -2.38. The van der Waals surface area contributed by atoms with Crippen molar-refractivity contribution in [2.75, 3.05) is 19.8 Å². The number of rotatable bonds is 5. The second-order valence-electron chi connectivity index (χ2n) is 7.77. The Balaban J connectivity index is 1.61. The van der Waals surface area contributed by atoms with Crippen molar-refractivity contribution in [3.63, 3.8) is 0 Å². The number of hydrogen-bond donors (Lipinski definition) is 1. The number of amides is 1. The van der Waals surface area contributed by atoms with Gasteiger partial charge in [0.05, 0.1) is 5.56 Å². The van der Waals surface area contributed by atoms with Gasteiger partial charge in [-0.05, 0) is 42.7 Å². The summed E-state index contributed by atoms with van der Waals surface area (Å²) in [4.78, 5) is 13.1. The van der Waals surface area contributed by atoms with E-state index in [9.17, 15) is 13.6 Å². The van der Waals surface area contributed by atoms with Gasteiger partial charge >= 0.3 is 0 Å². The largest absolute Gasteiger partial charge is 0.381 e. The van der Waals surface area contributed by atoms with Gasteiger partial charge in [-0.3, -0.25) is 9.48 Å². The van der Waals surface area contributed by atoms with Crippen molar-refractivity contribution >= 4 is 17.5 Å². The monoisotopic (exact) mass is 445 g/mol. The van der Waals surface area contributed by atoms with E-state index < -0.39 is 11.6 Å². The summed E-state index contributed by atoms with van der Waals surface area (Å²) in [6, 6.07) is 10.8. The van der Waals surface area contributed by atoms with Crippen molar-refractivity contribution in [2.45, 2.75) is 18.3 Å². The smallest absolute Gasteiger partial charge is 0.255 e. The van der Waals surface area contributed by atoms with E-state index in [1.54, 1.807) is 7.05 Å². The third-order valence-corrected chi connectivity index (χ3v) is 5.97. The molecule has 2 aromatic carbocycles. The highest BCUT2D eigenvalue weighted by atomic mass is 35.5. The van der Waals surface area contributed by atoms with Crippen molar-refractivity contribution in [3.05, 3.63) is 76.4 Å². The van der Waals surface area contributed by atoms with Crippen molar-refractivity contribution < 1.29 is 18.3 Å². The van der Waals surface area contributed by atoms with Crippen LogP contribution in [0.5, 0.6) is 0 Å². The van der Waals surface area contributed by atoms with E-state index in [1.807, 2.05) is 24.3 Å². The van der Waals surface area contributed by atoms with Crippen LogP contribution in [0.25, 0.3) is 11.3 Å². The molecule has 0 unspecified atom stereocenters. The van der Waals surface area contributed by atoms with E-state index in [0.29, 0.717) is 24.8 Å². The molecule has 5 nitrogen and oxygen atoms in total. The highest BCUT2D eigenvalue weighted by molar-refractivity contribution is 6.30. The summed E-state index contributed by atoms with van der Waals surface area (Å²) in [5, 5.41) is 7.86. The first kappa shape index (κ1) is 21.5. The van der Waals surface area contributed by atoms with Crippen LogP contribution in [0.4, 0.5) is 8.78 Å². The molecule has 1 N–H and O–H groups in total. The molecule has 1 amide bonds. The molecule has 31 heavy (non-hydrogen) atoms.